The fourth-order valence-electron chi connectivity index (χ4n) is 8.22. The first-order chi connectivity index (χ1) is 16.3. The van der Waals surface area contributed by atoms with Gasteiger partial charge in [-0.15, -0.1) is 0 Å². The lowest BCUT2D eigenvalue weighted by molar-refractivity contribution is -0.147. The van der Waals surface area contributed by atoms with Crippen molar-refractivity contribution < 1.29 is 14.3 Å². The van der Waals surface area contributed by atoms with E-state index in [0.29, 0.717) is 23.9 Å². The molecule has 2 aliphatic heterocycles. The predicted octanol–water partition coefficient (Wildman–Crippen LogP) is 9.02. The topological polar surface area (TPSA) is 35.5 Å². The molecule has 0 unspecified atom stereocenters. The minimum Gasteiger partial charge on any atom is -0.466 e. The SMILES string of the molecule is CC1(C)CCC[C@]2(C)[C@H]3CCO[C@]3(C)CC[C@@H]12.O=C1CCCCCCCCCCCCCCO1. The molecule has 34 heavy (non-hydrogen) atoms. The van der Waals surface area contributed by atoms with Crippen LogP contribution in [-0.2, 0) is 14.3 Å². The maximum Gasteiger partial charge on any atom is 0.305 e. The summed E-state index contributed by atoms with van der Waals surface area (Å²) in [4.78, 5) is 11.4. The van der Waals surface area contributed by atoms with Crippen molar-refractivity contribution in [3.8, 4) is 0 Å². The number of hydrogen-bond donors (Lipinski definition) is 0. The van der Waals surface area contributed by atoms with Crippen LogP contribution in [0.25, 0.3) is 0 Å². The van der Waals surface area contributed by atoms with Crippen molar-refractivity contribution in [1.29, 1.82) is 0 Å². The van der Waals surface area contributed by atoms with Crippen molar-refractivity contribution >= 4 is 5.97 Å². The molecule has 2 saturated carbocycles. The summed E-state index contributed by atoms with van der Waals surface area (Å²) in [5, 5.41) is 0. The van der Waals surface area contributed by atoms with E-state index < -0.39 is 0 Å². The van der Waals surface area contributed by atoms with Crippen LogP contribution in [0.5, 0.6) is 0 Å². The van der Waals surface area contributed by atoms with Gasteiger partial charge in [-0.1, -0.05) is 91.4 Å². The highest BCUT2D eigenvalue weighted by Gasteiger charge is 2.60. The highest BCUT2D eigenvalue weighted by molar-refractivity contribution is 5.69. The maximum atomic E-state index is 11.4. The molecule has 2 saturated heterocycles. The minimum absolute atomic E-state index is 0.0112. The number of esters is 1. The first-order valence-electron chi connectivity index (χ1n) is 15.1. The van der Waals surface area contributed by atoms with E-state index in [4.69, 9.17) is 9.47 Å². The largest absolute Gasteiger partial charge is 0.466 e. The van der Waals surface area contributed by atoms with Gasteiger partial charge >= 0.3 is 5.97 Å². The summed E-state index contributed by atoms with van der Waals surface area (Å²) in [5.74, 6) is 1.74. The molecule has 0 spiro atoms. The Bertz CT molecular complexity index is 592. The second-order valence-electron chi connectivity index (χ2n) is 13.2. The van der Waals surface area contributed by atoms with Crippen molar-refractivity contribution in [2.24, 2.45) is 22.7 Å². The molecule has 0 aromatic carbocycles. The normalized spacial score (nSPS) is 37.9. The molecule has 2 aliphatic carbocycles. The summed E-state index contributed by atoms with van der Waals surface area (Å²) in [6.45, 7) is 11.6. The minimum atomic E-state index is 0.0112. The molecule has 0 N–H and O–H groups in total. The van der Waals surface area contributed by atoms with Gasteiger partial charge in [-0.05, 0) is 74.5 Å². The molecule has 0 amide bonds. The molecule has 0 aromatic rings. The lowest BCUT2D eigenvalue weighted by Gasteiger charge is -2.60. The average molecular weight is 477 g/mol. The number of cyclic esters (lactones) is 1. The monoisotopic (exact) mass is 476 g/mol. The third kappa shape index (κ3) is 7.47. The Labute approximate surface area is 211 Å². The van der Waals surface area contributed by atoms with Gasteiger partial charge < -0.3 is 9.47 Å². The number of ether oxygens (including phenoxy) is 2. The van der Waals surface area contributed by atoms with Gasteiger partial charge in [-0.2, -0.15) is 0 Å². The van der Waals surface area contributed by atoms with Crippen LogP contribution in [0.4, 0.5) is 0 Å². The van der Waals surface area contributed by atoms with Gasteiger partial charge in [0.1, 0.15) is 0 Å². The summed E-state index contributed by atoms with van der Waals surface area (Å²) in [5.41, 5.74) is 1.31. The van der Waals surface area contributed by atoms with Gasteiger partial charge in [-0.25, -0.2) is 0 Å². The molecular weight excluding hydrogens is 420 g/mol. The van der Waals surface area contributed by atoms with Crippen LogP contribution in [0.2, 0.25) is 0 Å². The van der Waals surface area contributed by atoms with Crippen LogP contribution in [-0.4, -0.2) is 24.8 Å². The number of rotatable bonds is 0. The Kier molecular flexibility index (Phi) is 10.8. The van der Waals surface area contributed by atoms with Crippen LogP contribution in [0.3, 0.4) is 0 Å². The van der Waals surface area contributed by atoms with Crippen LogP contribution >= 0.6 is 0 Å². The Morgan fingerprint density at radius 3 is 1.85 bits per heavy atom. The highest BCUT2D eigenvalue weighted by atomic mass is 16.5. The standard InChI is InChI=1S/C16H28O.C15H28O2/c1-14(2)8-5-9-15(3)12(14)6-10-16(4)13(15)7-11-17-16;16-15-13-11-9-7-5-3-1-2-4-6-8-10-12-14-17-15/h12-13H,5-11H2,1-4H3;1-14H2/t12-,13+,15-,16+;/m0./s1. The van der Waals surface area contributed by atoms with E-state index in [1.54, 1.807) is 0 Å². The number of carbonyl (C=O) groups is 1. The van der Waals surface area contributed by atoms with Crippen molar-refractivity contribution in [2.75, 3.05) is 13.2 Å². The first kappa shape index (κ1) is 28.0. The van der Waals surface area contributed by atoms with E-state index in [1.165, 1.54) is 103 Å². The third-order valence-electron chi connectivity index (χ3n) is 10.1. The van der Waals surface area contributed by atoms with Gasteiger partial charge in [0.2, 0.25) is 0 Å². The predicted molar refractivity (Wildman–Crippen MR) is 142 cm³/mol. The summed E-state index contributed by atoms with van der Waals surface area (Å²) >= 11 is 0. The van der Waals surface area contributed by atoms with E-state index in [-0.39, 0.29) is 11.6 Å². The molecule has 4 fully saturated rings. The quantitative estimate of drug-likeness (QED) is 0.327. The summed E-state index contributed by atoms with van der Waals surface area (Å²) in [6.07, 6.45) is 24.2. The van der Waals surface area contributed by atoms with Gasteiger partial charge in [0.25, 0.3) is 0 Å². The molecule has 2 heterocycles. The van der Waals surface area contributed by atoms with E-state index in [0.717, 1.165) is 31.3 Å². The Hall–Kier alpha value is -0.570. The van der Waals surface area contributed by atoms with E-state index in [9.17, 15) is 4.79 Å². The molecule has 4 atom stereocenters. The van der Waals surface area contributed by atoms with E-state index in [1.807, 2.05) is 0 Å². The molecule has 3 nitrogen and oxygen atoms in total. The van der Waals surface area contributed by atoms with Gasteiger partial charge in [-0.3, -0.25) is 4.79 Å². The Balaban J connectivity index is 0.000000191. The van der Waals surface area contributed by atoms with Crippen molar-refractivity contribution in [3.05, 3.63) is 0 Å². The fraction of sp³-hybridized carbons (Fsp3) is 0.968. The summed E-state index contributed by atoms with van der Waals surface area (Å²) in [6, 6.07) is 0. The summed E-state index contributed by atoms with van der Waals surface area (Å²) in [7, 11) is 0. The highest BCUT2D eigenvalue weighted by Crippen LogP contribution is 2.64. The zero-order valence-electron chi connectivity index (χ0n) is 23.2. The van der Waals surface area contributed by atoms with Crippen LogP contribution in [0.1, 0.15) is 150 Å². The number of carbonyl (C=O) groups excluding carboxylic acids is 1. The summed E-state index contributed by atoms with van der Waals surface area (Å²) < 4.78 is 11.3. The Morgan fingerprint density at radius 2 is 1.21 bits per heavy atom. The van der Waals surface area contributed by atoms with Crippen LogP contribution < -0.4 is 0 Å². The van der Waals surface area contributed by atoms with Gasteiger partial charge in [0.15, 0.2) is 0 Å². The average Bonchev–Trinajstić information content (AvgIpc) is 3.19. The lowest BCUT2D eigenvalue weighted by atomic mass is 9.46. The van der Waals surface area contributed by atoms with Crippen molar-refractivity contribution in [3.63, 3.8) is 0 Å². The van der Waals surface area contributed by atoms with E-state index in [2.05, 4.69) is 27.7 Å². The van der Waals surface area contributed by atoms with E-state index >= 15 is 0 Å². The van der Waals surface area contributed by atoms with Crippen LogP contribution in [0.15, 0.2) is 0 Å². The molecule has 4 rings (SSSR count). The number of hydrogen-bond acceptors (Lipinski definition) is 3. The second-order valence-corrected chi connectivity index (χ2v) is 13.2. The van der Waals surface area contributed by atoms with Crippen LogP contribution in [0, 0.1) is 22.7 Å². The second kappa shape index (κ2) is 13.1. The van der Waals surface area contributed by atoms with Crippen molar-refractivity contribution in [2.45, 2.75) is 155 Å². The van der Waals surface area contributed by atoms with Gasteiger partial charge in [0, 0.05) is 13.0 Å². The maximum absolute atomic E-state index is 11.4. The molecule has 3 heteroatoms. The molecular formula is C31H56O3. The smallest absolute Gasteiger partial charge is 0.305 e. The van der Waals surface area contributed by atoms with Crippen molar-refractivity contribution in [1.82, 2.24) is 0 Å². The Morgan fingerprint density at radius 1 is 0.618 bits per heavy atom. The lowest BCUT2D eigenvalue weighted by Crippen LogP contribution is -2.55. The molecule has 0 bridgehead atoms. The fourth-order valence-corrected chi connectivity index (χ4v) is 8.22. The first-order valence-corrected chi connectivity index (χ1v) is 15.1. The van der Waals surface area contributed by atoms with Gasteiger partial charge in [0.05, 0.1) is 12.2 Å². The molecule has 198 valence electrons. The zero-order chi connectivity index (χ0) is 24.5. The molecule has 0 radical (unpaired) electrons. The molecule has 4 aliphatic rings. The zero-order valence-corrected chi connectivity index (χ0v) is 23.2. The number of fused-ring (bicyclic) bond motifs is 3. The molecule has 0 aromatic heterocycles. The third-order valence-corrected chi connectivity index (χ3v) is 10.1.